The van der Waals surface area contributed by atoms with Crippen LogP contribution in [-0.4, -0.2) is 32.8 Å². The lowest BCUT2D eigenvalue weighted by atomic mass is 10.1. The van der Waals surface area contributed by atoms with Gasteiger partial charge in [0, 0.05) is 16.5 Å². The first-order chi connectivity index (χ1) is 14.7. The number of hydrogen-bond donors (Lipinski definition) is 2. The number of benzene rings is 2. The summed E-state index contributed by atoms with van der Waals surface area (Å²) in [4.78, 5) is 4.28. The van der Waals surface area contributed by atoms with Crippen LogP contribution in [0.2, 0.25) is 0 Å². The number of rotatable bonds is 4. The SMILES string of the molecule is Cc1ccc(-c2csc(N3N=C(/C=C/c4ccccc4O)CC3(O)C(F)(F)F)n2)cc1. The monoisotopic (exact) mass is 445 g/mol. The van der Waals surface area contributed by atoms with E-state index < -0.39 is 18.3 Å². The van der Waals surface area contributed by atoms with Crippen molar-refractivity contribution in [2.24, 2.45) is 5.10 Å². The molecule has 1 aromatic heterocycles. The Morgan fingerprint density at radius 1 is 1.10 bits per heavy atom. The molecule has 0 amide bonds. The highest BCUT2D eigenvalue weighted by Gasteiger charge is 2.62. The van der Waals surface area contributed by atoms with E-state index in [0.717, 1.165) is 22.5 Å². The smallest absolute Gasteiger partial charge is 0.438 e. The summed E-state index contributed by atoms with van der Waals surface area (Å²) in [5.74, 6) is -0.0112. The Morgan fingerprint density at radius 3 is 2.48 bits per heavy atom. The minimum Gasteiger partial charge on any atom is -0.507 e. The van der Waals surface area contributed by atoms with Crippen LogP contribution in [0.25, 0.3) is 17.3 Å². The van der Waals surface area contributed by atoms with Crippen LogP contribution in [0.4, 0.5) is 18.3 Å². The average molecular weight is 445 g/mol. The van der Waals surface area contributed by atoms with Crippen LogP contribution < -0.4 is 5.01 Å². The fraction of sp³-hybridized carbons (Fsp3) is 0.182. The van der Waals surface area contributed by atoms with Gasteiger partial charge >= 0.3 is 6.18 Å². The minimum absolute atomic E-state index is 0.00941. The Labute approximate surface area is 180 Å². The predicted molar refractivity (Wildman–Crippen MR) is 115 cm³/mol. The van der Waals surface area contributed by atoms with Crippen molar-refractivity contribution in [3.05, 3.63) is 71.1 Å². The second kappa shape index (κ2) is 7.82. The third kappa shape index (κ3) is 4.06. The zero-order valence-electron chi connectivity index (χ0n) is 16.3. The van der Waals surface area contributed by atoms with E-state index in [1.165, 1.54) is 18.2 Å². The molecular weight excluding hydrogens is 427 g/mol. The van der Waals surface area contributed by atoms with Gasteiger partial charge in [0.1, 0.15) is 5.75 Å². The third-order valence-corrected chi connectivity index (χ3v) is 5.69. The molecule has 1 atom stereocenters. The minimum atomic E-state index is -4.96. The van der Waals surface area contributed by atoms with E-state index in [2.05, 4.69) is 10.1 Å². The molecule has 2 heterocycles. The van der Waals surface area contributed by atoms with Crippen LogP contribution in [0, 0.1) is 6.92 Å². The van der Waals surface area contributed by atoms with Crippen molar-refractivity contribution in [1.29, 1.82) is 0 Å². The summed E-state index contributed by atoms with van der Waals surface area (Å²) in [5, 5.41) is 26.5. The van der Waals surface area contributed by atoms with Crippen molar-refractivity contribution < 1.29 is 23.4 Å². The third-order valence-electron chi connectivity index (χ3n) is 4.87. The fourth-order valence-electron chi connectivity index (χ4n) is 3.12. The van der Waals surface area contributed by atoms with Crippen LogP contribution in [0.3, 0.4) is 0 Å². The molecule has 5 nitrogen and oxygen atoms in total. The lowest BCUT2D eigenvalue weighted by molar-refractivity contribution is -0.254. The Morgan fingerprint density at radius 2 is 1.81 bits per heavy atom. The number of anilines is 1. The lowest BCUT2D eigenvalue weighted by Gasteiger charge is -2.32. The second-order valence-electron chi connectivity index (χ2n) is 7.17. The number of allylic oxidation sites excluding steroid dienone is 1. The molecule has 1 aliphatic heterocycles. The van der Waals surface area contributed by atoms with Gasteiger partial charge < -0.3 is 10.2 Å². The lowest BCUT2D eigenvalue weighted by Crippen LogP contribution is -2.55. The Bertz CT molecular complexity index is 1160. The van der Waals surface area contributed by atoms with E-state index in [0.29, 0.717) is 16.3 Å². The molecule has 3 aromatic rings. The van der Waals surface area contributed by atoms with E-state index in [1.807, 2.05) is 31.2 Å². The summed E-state index contributed by atoms with van der Waals surface area (Å²) in [6.45, 7) is 1.93. The highest BCUT2D eigenvalue weighted by Crippen LogP contribution is 2.44. The molecule has 0 saturated heterocycles. The fourth-order valence-corrected chi connectivity index (χ4v) is 3.97. The van der Waals surface area contributed by atoms with Crippen molar-refractivity contribution in [1.82, 2.24) is 4.98 Å². The van der Waals surface area contributed by atoms with Gasteiger partial charge in [-0.1, -0.05) is 48.0 Å². The molecule has 0 spiro atoms. The van der Waals surface area contributed by atoms with Gasteiger partial charge in [-0.25, -0.2) is 4.98 Å². The number of phenolic OH excluding ortho intramolecular Hbond substituents is 1. The summed E-state index contributed by atoms with van der Waals surface area (Å²) < 4.78 is 41.4. The number of thiazole rings is 1. The molecule has 4 rings (SSSR count). The van der Waals surface area contributed by atoms with Gasteiger partial charge in [-0.3, -0.25) is 0 Å². The van der Waals surface area contributed by atoms with E-state index >= 15 is 0 Å². The molecular formula is C22H18F3N3O2S. The second-order valence-corrected chi connectivity index (χ2v) is 8.00. The number of aromatic nitrogens is 1. The van der Waals surface area contributed by atoms with Crippen LogP contribution in [0.15, 0.2) is 65.1 Å². The number of aryl methyl sites for hydroxylation is 1. The molecule has 0 radical (unpaired) electrons. The quantitative estimate of drug-likeness (QED) is 0.568. The van der Waals surface area contributed by atoms with Gasteiger partial charge in [0.15, 0.2) is 0 Å². The topological polar surface area (TPSA) is 69.0 Å². The van der Waals surface area contributed by atoms with Crippen molar-refractivity contribution in [2.75, 3.05) is 5.01 Å². The Kier molecular flexibility index (Phi) is 5.32. The maximum atomic E-state index is 13.8. The zero-order chi connectivity index (χ0) is 22.2. The van der Waals surface area contributed by atoms with Crippen LogP contribution >= 0.6 is 11.3 Å². The number of hydrogen-bond acceptors (Lipinski definition) is 6. The standard InChI is InChI=1S/C22H18F3N3O2S/c1-14-6-8-15(9-7-14)18-13-31-20(26-18)28-21(30,22(23,24)25)12-17(27-28)11-10-16-4-2-3-5-19(16)29/h2-11,13,29-30H,12H2,1H3/b11-10+. The van der Waals surface area contributed by atoms with Crippen molar-refractivity contribution in [3.8, 4) is 17.0 Å². The summed E-state index contributed by atoms with van der Waals surface area (Å²) in [6, 6.07) is 13.8. The molecule has 0 fully saturated rings. The number of nitrogens with zero attached hydrogens (tertiary/aromatic N) is 3. The first kappa shape index (κ1) is 21.1. The highest BCUT2D eigenvalue weighted by molar-refractivity contribution is 7.14. The maximum Gasteiger partial charge on any atom is 0.438 e. The number of halogens is 3. The summed E-state index contributed by atoms with van der Waals surface area (Å²) >= 11 is 0.967. The molecule has 160 valence electrons. The van der Waals surface area contributed by atoms with Gasteiger partial charge in [0.2, 0.25) is 5.13 Å². The van der Waals surface area contributed by atoms with Crippen molar-refractivity contribution in [3.63, 3.8) is 0 Å². The molecule has 31 heavy (non-hydrogen) atoms. The van der Waals surface area contributed by atoms with E-state index in [1.54, 1.807) is 23.6 Å². The maximum absolute atomic E-state index is 13.8. The molecule has 2 aromatic carbocycles. The van der Waals surface area contributed by atoms with Gasteiger partial charge in [-0.15, -0.1) is 11.3 Å². The van der Waals surface area contributed by atoms with Gasteiger partial charge in [0.05, 0.1) is 17.8 Å². The molecule has 1 unspecified atom stereocenters. The highest BCUT2D eigenvalue weighted by atomic mass is 32.1. The average Bonchev–Trinajstić information content (AvgIpc) is 3.33. The van der Waals surface area contributed by atoms with Crippen molar-refractivity contribution >= 4 is 28.3 Å². The van der Waals surface area contributed by atoms with Crippen molar-refractivity contribution in [2.45, 2.75) is 25.2 Å². The number of phenols is 1. The number of para-hydroxylation sites is 1. The largest absolute Gasteiger partial charge is 0.507 e. The molecule has 2 N–H and O–H groups in total. The molecule has 0 aliphatic carbocycles. The zero-order valence-corrected chi connectivity index (χ0v) is 17.2. The first-order valence-corrected chi connectivity index (χ1v) is 10.2. The van der Waals surface area contributed by atoms with E-state index in [9.17, 15) is 23.4 Å². The number of hydrazone groups is 1. The molecule has 0 saturated carbocycles. The Hall–Kier alpha value is -3.17. The molecule has 0 bridgehead atoms. The van der Waals surface area contributed by atoms with Crippen LogP contribution in [0.1, 0.15) is 17.5 Å². The normalized spacial score (nSPS) is 19.3. The first-order valence-electron chi connectivity index (χ1n) is 9.33. The van der Waals surface area contributed by atoms with E-state index in [4.69, 9.17) is 0 Å². The van der Waals surface area contributed by atoms with E-state index in [-0.39, 0.29) is 16.6 Å². The van der Waals surface area contributed by atoms with Gasteiger partial charge in [0.25, 0.3) is 5.72 Å². The van der Waals surface area contributed by atoms with Crippen LogP contribution in [0.5, 0.6) is 5.75 Å². The number of aromatic hydroxyl groups is 1. The predicted octanol–water partition coefficient (Wildman–Crippen LogP) is 5.35. The number of alkyl halides is 3. The molecule has 9 heteroatoms. The summed E-state index contributed by atoms with van der Waals surface area (Å²) in [5.41, 5.74) is -0.473. The Balaban J connectivity index is 1.68. The number of aliphatic hydroxyl groups is 1. The summed E-state index contributed by atoms with van der Waals surface area (Å²) in [6.07, 6.45) is -2.93. The summed E-state index contributed by atoms with van der Waals surface area (Å²) in [7, 11) is 0. The van der Waals surface area contributed by atoms with Gasteiger partial charge in [-0.05, 0) is 25.1 Å². The van der Waals surface area contributed by atoms with Gasteiger partial charge in [-0.2, -0.15) is 23.3 Å². The van der Waals surface area contributed by atoms with Crippen LogP contribution in [-0.2, 0) is 0 Å². The molecule has 1 aliphatic rings.